The minimum absolute atomic E-state index is 0.114. The van der Waals surface area contributed by atoms with Crippen molar-refractivity contribution in [2.24, 2.45) is 0 Å². The number of para-hydroxylation sites is 1. The van der Waals surface area contributed by atoms with Crippen molar-refractivity contribution in [3.63, 3.8) is 0 Å². The van der Waals surface area contributed by atoms with E-state index in [2.05, 4.69) is 14.9 Å². The molecular weight excluding hydrogens is 226 g/mol. The lowest BCUT2D eigenvalue weighted by molar-refractivity contribution is 0.103. The molecule has 6 heteroatoms. The molecule has 82 valence electrons. The molecule has 0 saturated carbocycles. The normalized spacial score (nSPS) is 10.1. The summed E-state index contributed by atoms with van der Waals surface area (Å²) < 4.78 is 3.61. The number of carbonyl (C=O) groups excluding carboxylic acids is 1. The topological polar surface area (TPSA) is 75.1 Å². The van der Waals surface area contributed by atoms with Gasteiger partial charge in [0.1, 0.15) is 4.88 Å². The van der Waals surface area contributed by atoms with Crippen molar-refractivity contribution in [3.05, 3.63) is 40.9 Å². The Morgan fingerprint density at radius 1 is 1.44 bits per heavy atom. The van der Waals surface area contributed by atoms with Crippen molar-refractivity contribution in [1.82, 2.24) is 9.59 Å². The Hall–Kier alpha value is -1.79. The van der Waals surface area contributed by atoms with E-state index in [0.717, 1.165) is 11.5 Å². The fourth-order valence-electron chi connectivity index (χ4n) is 1.23. The van der Waals surface area contributed by atoms with E-state index in [9.17, 15) is 4.79 Å². The number of carbonyl (C=O) groups is 1. The highest BCUT2D eigenvalue weighted by Crippen LogP contribution is 2.16. The van der Waals surface area contributed by atoms with Gasteiger partial charge in [-0.05, 0) is 17.6 Å². The van der Waals surface area contributed by atoms with Gasteiger partial charge >= 0.3 is 0 Å². The molecule has 0 unspecified atom stereocenters. The zero-order valence-electron chi connectivity index (χ0n) is 8.25. The van der Waals surface area contributed by atoms with E-state index in [4.69, 9.17) is 5.11 Å². The number of benzene rings is 1. The van der Waals surface area contributed by atoms with Crippen LogP contribution in [0.1, 0.15) is 15.2 Å². The number of aromatic nitrogens is 2. The van der Waals surface area contributed by atoms with E-state index in [1.54, 1.807) is 24.3 Å². The largest absolute Gasteiger partial charge is 0.392 e. The minimum Gasteiger partial charge on any atom is -0.392 e. The average Bonchev–Trinajstić information content (AvgIpc) is 2.83. The maximum Gasteiger partial charge on any atom is 0.269 e. The van der Waals surface area contributed by atoms with Crippen LogP contribution in [0.4, 0.5) is 5.69 Å². The Morgan fingerprint density at radius 3 is 2.94 bits per heavy atom. The maximum absolute atomic E-state index is 11.7. The summed E-state index contributed by atoms with van der Waals surface area (Å²) in [4.78, 5) is 12.1. The van der Waals surface area contributed by atoms with Crippen molar-refractivity contribution in [1.29, 1.82) is 0 Å². The van der Waals surface area contributed by atoms with Crippen molar-refractivity contribution in [2.75, 3.05) is 5.32 Å². The van der Waals surface area contributed by atoms with Gasteiger partial charge < -0.3 is 10.4 Å². The van der Waals surface area contributed by atoms with Gasteiger partial charge in [0.2, 0.25) is 0 Å². The summed E-state index contributed by atoms with van der Waals surface area (Å²) in [6.07, 6.45) is 1.40. The molecule has 1 aromatic carbocycles. The third-order valence-electron chi connectivity index (χ3n) is 2.02. The molecule has 1 aromatic heterocycles. The highest BCUT2D eigenvalue weighted by molar-refractivity contribution is 7.07. The van der Waals surface area contributed by atoms with Gasteiger partial charge in [0.15, 0.2) is 0 Å². The summed E-state index contributed by atoms with van der Waals surface area (Å²) in [6, 6.07) is 7.08. The third-order valence-corrected chi connectivity index (χ3v) is 2.68. The first-order chi connectivity index (χ1) is 7.81. The van der Waals surface area contributed by atoms with Crippen molar-refractivity contribution in [2.45, 2.75) is 6.61 Å². The number of hydrogen-bond acceptors (Lipinski definition) is 5. The lowest BCUT2D eigenvalue weighted by atomic mass is 10.2. The standard InChI is InChI=1S/C10H9N3O2S/c14-6-7-3-1-2-4-8(7)12-10(15)9-5-11-13-16-9/h1-5,14H,6H2,(H,12,15). The summed E-state index contributed by atoms with van der Waals surface area (Å²) in [5.41, 5.74) is 1.27. The summed E-state index contributed by atoms with van der Waals surface area (Å²) in [7, 11) is 0. The molecule has 1 heterocycles. The van der Waals surface area contributed by atoms with Crippen LogP contribution in [0, 0.1) is 0 Å². The number of hydrogen-bond donors (Lipinski definition) is 2. The molecule has 1 amide bonds. The second-order valence-electron chi connectivity index (χ2n) is 3.05. The number of aliphatic hydroxyl groups excluding tert-OH is 1. The van der Waals surface area contributed by atoms with Gasteiger partial charge in [-0.3, -0.25) is 4.79 Å². The molecule has 2 N–H and O–H groups in total. The Morgan fingerprint density at radius 2 is 2.25 bits per heavy atom. The number of nitrogens with zero attached hydrogens (tertiary/aromatic N) is 2. The average molecular weight is 235 g/mol. The van der Waals surface area contributed by atoms with Crippen LogP contribution in [-0.2, 0) is 6.61 Å². The lowest BCUT2D eigenvalue weighted by Crippen LogP contribution is -2.11. The molecule has 0 aliphatic heterocycles. The van der Waals surface area contributed by atoms with Gasteiger partial charge in [-0.15, -0.1) is 5.10 Å². The van der Waals surface area contributed by atoms with Crippen LogP contribution >= 0.6 is 11.5 Å². The molecule has 0 radical (unpaired) electrons. The first kappa shape index (κ1) is 10.7. The molecule has 0 bridgehead atoms. The molecule has 0 fully saturated rings. The fraction of sp³-hybridized carbons (Fsp3) is 0.100. The second kappa shape index (κ2) is 4.82. The van der Waals surface area contributed by atoms with E-state index in [-0.39, 0.29) is 12.5 Å². The molecule has 0 aliphatic carbocycles. The Kier molecular flexibility index (Phi) is 3.23. The molecule has 0 aliphatic rings. The predicted molar refractivity (Wildman–Crippen MR) is 60.2 cm³/mol. The van der Waals surface area contributed by atoms with Crippen LogP contribution in [0.5, 0.6) is 0 Å². The quantitative estimate of drug-likeness (QED) is 0.840. The highest BCUT2D eigenvalue weighted by atomic mass is 32.1. The van der Waals surface area contributed by atoms with Crippen LogP contribution in [0.25, 0.3) is 0 Å². The van der Waals surface area contributed by atoms with Crippen molar-refractivity contribution < 1.29 is 9.90 Å². The summed E-state index contributed by atoms with van der Waals surface area (Å²) >= 11 is 1.03. The molecule has 16 heavy (non-hydrogen) atoms. The molecule has 2 rings (SSSR count). The molecular formula is C10H9N3O2S. The minimum atomic E-state index is -0.268. The van der Waals surface area contributed by atoms with E-state index < -0.39 is 0 Å². The van der Waals surface area contributed by atoms with E-state index in [0.29, 0.717) is 16.1 Å². The zero-order chi connectivity index (χ0) is 11.4. The van der Waals surface area contributed by atoms with E-state index in [1.165, 1.54) is 6.20 Å². The van der Waals surface area contributed by atoms with E-state index in [1.807, 2.05) is 0 Å². The number of aliphatic hydroxyl groups is 1. The zero-order valence-corrected chi connectivity index (χ0v) is 9.07. The Bertz CT molecular complexity index is 485. The van der Waals surface area contributed by atoms with Gasteiger partial charge in [-0.25, -0.2) is 0 Å². The van der Waals surface area contributed by atoms with Gasteiger partial charge in [0.25, 0.3) is 5.91 Å². The number of amides is 1. The summed E-state index contributed by atoms with van der Waals surface area (Å²) in [6.45, 7) is -0.114. The van der Waals surface area contributed by atoms with Gasteiger partial charge in [0.05, 0.1) is 12.8 Å². The first-order valence-electron chi connectivity index (χ1n) is 4.58. The van der Waals surface area contributed by atoms with Gasteiger partial charge in [0, 0.05) is 11.3 Å². The lowest BCUT2D eigenvalue weighted by Gasteiger charge is -2.07. The van der Waals surface area contributed by atoms with Crippen LogP contribution < -0.4 is 5.32 Å². The van der Waals surface area contributed by atoms with Crippen LogP contribution in [0.2, 0.25) is 0 Å². The Labute approximate surface area is 95.9 Å². The van der Waals surface area contributed by atoms with Gasteiger partial charge in [-0.2, -0.15) is 0 Å². The number of nitrogens with one attached hydrogen (secondary N) is 1. The predicted octanol–water partition coefficient (Wildman–Crippen LogP) is 1.28. The SMILES string of the molecule is O=C(Nc1ccccc1CO)c1cnns1. The maximum atomic E-state index is 11.7. The smallest absolute Gasteiger partial charge is 0.269 e. The highest BCUT2D eigenvalue weighted by Gasteiger charge is 2.10. The van der Waals surface area contributed by atoms with Crippen LogP contribution in [0.15, 0.2) is 30.5 Å². The van der Waals surface area contributed by atoms with Crippen LogP contribution in [0.3, 0.4) is 0 Å². The number of anilines is 1. The molecule has 0 saturated heterocycles. The second-order valence-corrected chi connectivity index (χ2v) is 3.84. The Balaban J connectivity index is 2.18. The first-order valence-corrected chi connectivity index (χ1v) is 5.36. The van der Waals surface area contributed by atoms with Crippen LogP contribution in [-0.4, -0.2) is 20.6 Å². The van der Waals surface area contributed by atoms with E-state index >= 15 is 0 Å². The fourth-order valence-corrected chi connectivity index (χ4v) is 1.64. The van der Waals surface area contributed by atoms with Gasteiger partial charge in [-0.1, -0.05) is 22.7 Å². The molecule has 5 nitrogen and oxygen atoms in total. The number of rotatable bonds is 3. The van der Waals surface area contributed by atoms with Crippen molar-refractivity contribution in [3.8, 4) is 0 Å². The molecule has 0 spiro atoms. The summed E-state index contributed by atoms with van der Waals surface area (Å²) in [5, 5.41) is 15.4. The molecule has 2 aromatic rings. The molecule has 0 atom stereocenters. The summed E-state index contributed by atoms with van der Waals surface area (Å²) in [5.74, 6) is -0.268. The van der Waals surface area contributed by atoms with Crippen molar-refractivity contribution >= 4 is 23.1 Å². The monoisotopic (exact) mass is 235 g/mol. The third kappa shape index (κ3) is 2.23.